The fourth-order valence-corrected chi connectivity index (χ4v) is 5.82. The Morgan fingerprint density at radius 3 is 2.69 bits per heavy atom. The number of pyridine rings is 1. The van der Waals surface area contributed by atoms with Crippen molar-refractivity contribution in [1.82, 2.24) is 9.97 Å². The van der Waals surface area contributed by atoms with E-state index in [0.29, 0.717) is 27.5 Å². The molecule has 7 rings (SSSR count). The molecule has 1 unspecified atom stereocenters. The van der Waals surface area contributed by atoms with Crippen molar-refractivity contribution in [2.24, 2.45) is 17.8 Å². The van der Waals surface area contributed by atoms with Gasteiger partial charge >= 0.3 is 5.97 Å². The molecule has 4 aromatic rings. The van der Waals surface area contributed by atoms with Crippen LogP contribution in [0, 0.1) is 29.4 Å². The first kappa shape index (κ1) is 19.3. The van der Waals surface area contributed by atoms with Gasteiger partial charge in [0.25, 0.3) is 0 Å². The number of aromatic nitrogens is 2. The summed E-state index contributed by atoms with van der Waals surface area (Å²) < 4.78 is 34.8. The van der Waals surface area contributed by atoms with Crippen molar-refractivity contribution in [3.8, 4) is 11.1 Å². The maximum absolute atomic E-state index is 15.4. The molecule has 3 aliphatic rings. The summed E-state index contributed by atoms with van der Waals surface area (Å²) >= 11 is 0. The van der Waals surface area contributed by atoms with Crippen LogP contribution in [-0.4, -0.2) is 27.1 Å². The van der Waals surface area contributed by atoms with Crippen LogP contribution in [0.1, 0.15) is 25.7 Å². The number of furan rings is 1. The average molecular weight is 437 g/mol. The summed E-state index contributed by atoms with van der Waals surface area (Å²) in [6.07, 6.45) is 7.95. The lowest BCUT2D eigenvalue weighted by Crippen LogP contribution is -2.51. The number of rotatable bonds is 4. The summed E-state index contributed by atoms with van der Waals surface area (Å²) in [7, 11) is 0. The van der Waals surface area contributed by atoms with Crippen LogP contribution in [0.15, 0.2) is 41.3 Å². The first-order chi connectivity index (χ1) is 15.5. The molecule has 0 spiro atoms. The Morgan fingerprint density at radius 2 is 1.91 bits per heavy atom. The molecular weight excluding hydrogens is 416 g/mol. The number of nitrogens with one attached hydrogen (secondary N) is 2. The van der Waals surface area contributed by atoms with Crippen LogP contribution < -0.4 is 5.32 Å². The first-order valence-corrected chi connectivity index (χ1v) is 10.8. The van der Waals surface area contributed by atoms with E-state index in [0.717, 1.165) is 31.9 Å². The standard InChI is InChI=1S/C24H21F2N3O3/c25-13-7-16-17(10-28-23(16)27-9-13)15-8-18(20(26)22-14(15)5-6-32-22)29-21-12-3-1-11(2-4-12)19(21)24(30)31/h5-12,19,21,29H,1-4H2,(H,27,28)(H,30,31)/t11-,12+,19-,21?/m0/s1. The smallest absolute Gasteiger partial charge is 0.308 e. The molecule has 3 heterocycles. The zero-order valence-electron chi connectivity index (χ0n) is 17.1. The number of carbonyl (C=O) groups is 1. The number of carboxylic acids is 1. The van der Waals surface area contributed by atoms with Crippen LogP contribution in [0.25, 0.3) is 33.1 Å². The molecule has 164 valence electrons. The van der Waals surface area contributed by atoms with Gasteiger partial charge in [-0.05, 0) is 61.3 Å². The predicted octanol–water partition coefficient (Wildman–Crippen LogP) is 5.56. The van der Waals surface area contributed by atoms with Crippen molar-refractivity contribution in [2.75, 3.05) is 5.32 Å². The molecule has 1 aromatic carbocycles. The number of nitrogens with zero attached hydrogens (tertiary/aromatic N) is 1. The van der Waals surface area contributed by atoms with Gasteiger partial charge in [0.1, 0.15) is 11.5 Å². The largest absolute Gasteiger partial charge is 0.481 e. The van der Waals surface area contributed by atoms with Crippen molar-refractivity contribution in [3.05, 3.63) is 48.5 Å². The second kappa shape index (κ2) is 7.05. The Kier molecular flexibility index (Phi) is 4.25. The molecule has 3 saturated carbocycles. The Labute approximate surface area is 181 Å². The summed E-state index contributed by atoms with van der Waals surface area (Å²) in [5.74, 6) is -2.12. The minimum Gasteiger partial charge on any atom is -0.481 e. The van der Waals surface area contributed by atoms with Crippen molar-refractivity contribution >= 4 is 33.7 Å². The van der Waals surface area contributed by atoms with Gasteiger partial charge in [-0.1, -0.05) is 0 Å². The molecule has 2 bridgehead atoms. The molecule has 3 N–H and O–H groups in total. The molecule has 0 radical (unpaired) electrons. The van der Waals surface area contributed by atoms with Crippen LogP contribution in [0.5, 0.6) is 0 Å². The molecule has 8 heteroatoms. The van der Waals surface area contributed by atoms with E-state index in [9.17, 15) is 14.3 Å². The lowest BCUT2D eigenvalue weighted by molar-refractivity contribution is -0.148. The number of fused-ring (bicyclic) bond motifs is 5. The predicted molar refractivity (Wildman–Crippen MR) is 115 cm³/mol. The van der Waals surface area contributed by atoms with Crippen LogP contribution >= 0.6 is 0 Å². The van der Waals surface area contributed by atoms with Crippen molar-refractivity contribution < 1.29 is 23.1 Å². The van der Waals surface area contributed by atoms with Crippen LogP contribution in [0.4, 0.5) is 14.5 Å². The van der Waals surface area contributed by atoms with Gasteiger partial charge < -0.3 is 19.8 Å². The first-order valence-electron chi connectivity index (χ1n) is 10.8. The van der Waals surface area contributed by atoms with E-state index in [2.05, 4.69) is 15.3 Å². The highest BCUT2D eigenvalue weighted by Crippen LogP contribution is 2.47. The molecule has 3 aromatic heterocycles. The van der Waals surface area contributed by atoms with Gasteiger partial charge in [-0.15, -0.1) is 0 Å². The second-order valence-corrected chi connectivity index (χ2v) is 8.91. The minimum atomic E-state index is -0.838. The summed E-state index contributed by atoms with van der Waals surface area (Å²) in [6.45, 7) is 0. The van der Waals surface area contributed by atoms with E-state index in [-0.39, 0.29) is 29.1 Å². The molecule has 0 amide bonds. The van der Waals surface area contributed by atoms with E-state index in [1.807, 2.05) is 0 Å². The highest BCUT2D eigenvalue weighted by molar-refractivity contribution is 6.04. The van der Waals surface area contributed by atoms with E-state index in [1.54, 1.807) is 18.3 Å². The van der Waals surface area contributed by atoms with E-state index in [4.69, 9.17) is 4.42 Å². The maximum atomic E-state index is 15.4. The molecule has 32 heavy (non-hydrogen) atoms. The molecule has 6 nitrogen and oxygen atoms in total. The number of aliphatic carboxylic acids is 1. The topological polar surface area (TPSA) is 91.2 Å². The number of carboxylic acid groups (broad SMARTS) is 1. The third-order valence-electron chi connectivity index (χ3n) is 7.29. The van der Waals surface area contributed by atoms with E-state index >= 15 is 4.39 Å². The number of aromatic amines is 1. The number of hydrogen-bond acceptors (Lipinski definition) is 4. The SMILES string of the molecule is O=C(O)[C@@H]1C(Nc2cc(-c3c[nH]c4ncc(F)cc34)c3ccoc3c2F)[C@H]2CC[C@@H]1CC2. The fourth-order valence-electron chi connectivity index (χ4n) is 5.82. The van der Waals surface area contributed by atoms with Gasteiger partial charge in [0.05, 0.1) is 24.1 Å². The van der Waals surface area contributed by atoms with Crippen molar-refractivity contribution in [1.29, 1.82) is 0 Å². The summed E-state index contributed by atoms with van der Waals surface area (Å²) in [6, 6.07) is 4.38. The highest BCUT2D eigenvalue weighted by Gasteiger charge is 2.47. The van der Waals surface area contributed by atoms with Crippen LogP contribution in [0.2, 0.25) is 0 Å². The van der Waals surface area contributed by atoms with Gasteiger partial charge in [0, 0.05) is 28.6 Å². The monoisotopic (exact) mass is 437 g/mol. The molecular formula is C24H21F2N3O3. The van der Waals surface area contributed by atoms with E-state index < -0.39 is 23.5 Å². The number of benzene rings is 1. The number of anilines is 1. The number of H-pyrrole nitrogens is 1. The quantitative estimate of drug-likeness (QED) is 0.389. The Hall–Kier alpha value is -3.42. The van der Waals surface area contributed by atoms with E-state index in [1.165, 1.54) is 12.3 Å². The zero-order valence-corrected chi connectivity index (χ0v) is 17.1. The fraction of sp³-hybridized carbons (Fsp3) is 0.333. The lowest BCUT2D eigenvalue weighted by atomic mass is 9.61. The molecule has 0 aliphatic heterocycles. The zero-order chi connectivity index (χ0) is 22.0. The van der Waals surface area contributed by atoms with Gasteiger partial charge in [0.15, 0.2) is 11.4 Å². The van der Waals surface area contributed by atoms with Crippen molar-refractivity contribution in [2.45, 2.75) is 31.7 Å². The lowest BCUT2D eigenvalue weighted by Gasteiger charge is -2.47. The maximum Gasteiger partial charge on any atom is 0.308 e. The third kappa shape index (κ3) is 2.82. The van der Waals surface area contributed by atoms with Gasteiger partial charge in [-0.3, -0.25) is 4.79 Å². The summed E-state index contributed by atoms with van der Waals surface area (Å²) in [5, 5.41) is 14.2. The Morgan fingerprint density at radius 1 is 1.12 bits per heavy atom. The normalized spacial score (nSPS) is 24.9. The Bertz CT molecular complexity index is 1350. The average Bonchev–Trinajstić information content (AvgIpc) is 3.44. The van der Waals surface area contributed by atoms with Gasteiger partial charge in [-0.2, -0.15) is 0 Å². The summed E-state index contributed by atoms with van der Waals surface area (Å²) in [5.41, 5.74) is 2.12. The Balaban J connectivity index is 1.49. The molecule has 0 saturated heterocycles. The van der Waals surface area contributed by atoms with Gasteiger partial charge in [0.2, 0.25) is 0 Å². The summed E-state index contributed by atoms with van der Waals surface area (Å²) in [4.78, 5) is 19.1. The van der Waals surface area contributed by atoms with Gasteiger partial charge in [-0.25, -0.2) is 13.8 Å². The molecule has 2 atom stereocenters. The molecule has 3 aliphatic carbocycles. The minimum absolute atomic E-state index is 0.0801. The van der Waals surface area contributed by atoms with Crippen LogP contribution in [0.3, 0.4) is 0 Å². The highest BCUT2D eigenvalue weighted by atomic mass is 19.1. The number of halogens is 2. The van der Waals surface area contributed by atoms with Crippen molar-refractivity contribution in [3.63, 3.8) is 0 Å². The number of hydrogen-bond donors (Lipinski definition) is 3. The third-order valence-corrected chi connectivity index (χ3v) is 7.29. The molecule has 3 fully saturated rings. The van der Waals surface area contributed by atoms with Crippen LogP contribution in [-0.2, 0) is 4.79 Å². The second-order valence-electron chi connectivity index (χ2n) is 8.91.